The largest absolute Gasteiger partial charge is 0.508 e. The molecule has 6 nitrogen and oxygen atoms in total. The fourth-order valence-corrected chi connectivity index (χ4v) is 2.60. The molecule has 0 fully saturated rings. The van der Waals surface area contributed by atoms with E-state index >= 15 is 0 Å². The molecule has 0 atom stereocenters. The van der Waals surface area contributed by atoms with Crippen molar-refractivity contribution in [1.82, 2.24) is 4.90 Å². The van der Waals surface area contributed by atoms with Gasteiger partial charge in [0.1, 0.15) is 12.3 Å². The van der Waals surface area contributed by atoms with E-state index in [0.717, 1.165) is 0 Å². The summed E-state index contributed by atoms with van der Waals surface area (Å²) < 4.78 is 0. The number of aromatic hydroxyl groups is 1. The van der Waals surface area contributed by atoms with Crippen LogP contribution in [0.15, 0.2) is 48.5 Å². The van der Waals surface area contributed by atoms with Crippen LogP contribution in [0.1, 0.15) is 21.5 Å². The van der Waals surface area contributed by atoms with E-state index in [0.29, 0.717) is 16.0 Å². The second-order valence-corrected chi connectivity index (χ2v) is 5.29. The van der Waals surface area contributed by atoms with E-state index in [1.165, 1.54) is 18.2 Å². The summed E-state index contributed by atoms with van der Waals surface area (Å²) in [5, 5.41) is 18.5. The Morgan fingerprint density at radius 2 is 1.71 bits per heavy atom. The molecule has 24 heavy (non-hydrogen) atoms. The van der Waals surface area contributed by atoms with Gasteiger partial charge >= 0.3 is 5.97 Å². The Hall–Kier alpha value is -3.41. The number of rotatable bonds is 3. The van der Waals surface area contributed by atoms with Gasteiger partial charge in [-0.05, 0) is 35.4 Å². The van der Waals surface area contributed by atoms with E-state index in [1.807, 2.05) is 0 Å². The Bertz CT molecular complexity index is 884. The van der Waals surface area contributed by atoms with Crippen LogP contribution >= 0.6 is 0 Å². The normalized spacial score (nSPS) is 15.5. The molecule has 6 heteroatoms. The topological polar surface area (TPSA) is 94.9 Å². The Labute approximate surface area is 137 Å². The van der Waals surface area contributed by atoms with Gasteiger partial charge < -0.3 is 10.2 Å². The van der Waals surface area contributed by atoms with Crippen molar-refractivity contribution in [2.45, 2.75) is 0 Å². The smallest absolute Gasteiger partial charge is 0.323 e. The number of benzene rings is 2. The van der Waals surface area contributed by atoms with Crippen molar-refractivity contribution in [3.05, 3.63) is 65.2 Å². The second-order valence-electron chi connectivity index (χ2n) is 5.29. The number of hydrogen-bond acceptors (Lipinski definition) is 4. The van der Waals surface area contributed by atoms with Gasteiger partial charge in [0.15, 0.2) is 0 Å². The van der Waals surface area contributed by atoms with Gasteiger partial charge in [-0.3, -0.25) is 19.3 Å². The number of phenolic OH excluding ortho intramolecular Hbond substituents is 1. The van der Waals surface area contributed by atoms with Crippen LogP contribution in [0, 0.1) is 0 Å². The number of amides is 2. The van der Waals surface area contributed by atoms with E-state index in [2.05, 4.69) is 0 Å². The fourth-order valence-electron chi connectivity index (χ4n) is 2.60. The number of carbonyl (C=O) groups excluding carboxylic acids is 2. The Balaban J connectivity index is 2.16. The van der Waals surface area contributed by atoms with Crippen molar-refractivity contribution in [2.75, 3.05) is 6.54 Å². The summed E-state index contributed by atoms with van der Waals surface area (Å²) >= 11 is 0. The van der Waals surface area contributed by atoms with E-state index in [-0.39, 0.29) is 16.9 Å². The standard InChI is InChI=1S/C18H13NO5/c20-12-5-3-4-11(8-12)9-15-13-6-1-2-7-14(13)17(23)19(18(15)24)10-16(21)22/h1-9,20H,10H2,(H,21,22)/b15-9-. The van der Waals surface area contributed by atoms with Gasteiger partial charge in [-0.1, -0.05) is 30.3 Å². The first kappa shape index (κ1) is 15.5. The van der Waals surface area contributed by atoms with Crippen LogP contribution in [0.5, 0.6) is 5.75 Å². The minimum absolute atomic E-state index is 0.0411. The first-order valence-electron chi connectivity index (χ1n) is 7.15. The van der Waals surface area contributed by atoms with Crippen LogP contribution < -0.4 is 0 Å². The molecule has 2 aromatic rings. The third-order valence-corrected chi connectivity index (χ3v) is 3.64. The molecule has 2 amide bonds. The molecular weight excluding hydrogens is 310 g/mol. The minimum Gasteiger partial charge on any atom is -0.508 e. The molecule has 0 saturated carbocycles. The molecular formula is C18H13NO5. The number of phenols is 1. The first-order valence-corrected chi connectivity index (χ1v) is 7.15. The highest BCUT2D eigenvalue weighted by Crippen LogP contribution is 2.30. The van der Waals surface area contributed by atoms with Gasteiger partial charge in [-0.15, -0.1) is 0 Å². The van der Waals surface area contributed by atoms with Gasteiger partial charge in [0.2, 0.25) is 0 Å². The van der Waals surface area contributed by atoms with Crippen molar-refractivity contribution >= 4 is 29.4 Å². The van der Waals surface area contributed by atoms with Gasteiger partial charge in [0.05, 0.1) is 0 Å². The number of carboxylic acid groups (broad SMARTS) is 1. The van der Waals surface area contributed by atoms with Crippen LogP contribution in [0.2, 0.25) is 0 Å². The number of nitrogens with zero attached hydrogens (tertiary/aromatic N) is 1. The average molecular weight is 323 g/mol. The minimum atomic E-state index is -1.27. The maximum Gasteiger partial charge on any atom is 0.323 e. The van der Waals surface area contributed by atoms with Gasteiger partial charge in [0, 0.05) is 11.1 Å². The van der Waals surface area contributed by atoms with Crippen LogP contribution in [0.4, 0.5) is 0 Å². The Kier molecular flexibility index (Phi) is 3.87. The Morgan fingerprint density at radius 3 is 2.38 bits per heavy atom. The molecule has 3 rings (SSSR count). The summed E-state index contributed by atoms with van der Waals surface area (Å²) in [7, 11) is 0. The second kappa shape index (κ2) is 6.00. The van der Waals surface area contributed by atoms with Crippen LogP contribution in [0.3, 0.4) is 0 Å². The molecule has 1 heterocycles. The molecule has 0 saturated heterocycles. The predicted molar refractivity (Wildman–Crippen MR) is 86.1 cm³/mol. The first-order chi connectivity index (χ1) is 11.5. The summed E-state index contributed by atoms with van der Waals surface area (Å²) in [5.41, 5.74) is 1.48. The van der Waals surface area contributed by atoms with E-state index in [9.17, 15) is 19.5 Å². The number of carboxylic acids is 1. The lowest BCUT2D eigenvalue weighted by atomic mass is 9.92. The summed E-state index contributed by atoms with van der Waals surface area (Å²) in [6, 6.07) is 12.8. The zero-order valence-corrected chi connectivity index (χ0v) is 12.5. The predicted octanol–water partition coefficient (Wildman–Crippen LogP) is 2.00. The highest BCUT2D eigenvalue weighted by atomic mass is 16.4. The van der Waals surface area contributed by atoms with Crippen LogP contribution in [0.25, 0.3) is 11.6 Å². The average Bonchev–Trinajstić information content (AvgIpc) is 2.55. The van der Waals surface area contributed by atoms with Gasteiger partial charge in [-0.25, -0.2) is 0 Å². The number of hydrogen-bond donors (Lipinski definition) is 2. The quantitative estimate of drug-likeness (QED) is 0.665. The SMILES string of the molecule is O=C(O)CN1C(=O)/C(=C\c2cccc(O)c2)c2ccccc2C1=O. The maximum atomic E-state index is 12.6. The molecule has 1 aliphatic rings. The molecule has 0 aromatic heterocycles. The molecule has 2 N–H and O–H groups in total. The zero-order chi connectivity index (χ0) is 17.3. The number of carbonyl (C=O) groups is 3. The fraction of sp³-hybridized carbons (Fsp3) is 0.0556. The molecule has 0 spiro atoms. The third kappa shape index (κ3) is 2.77. The maximum absolute atomic E-state index is 12.6. The highest BCUT2D eigenvalue weighted by Gasteiger charge is 2.35. The van der Waals surface area contributed by atoms with Crippen molar-refractivity contribution in [3.8, 4) is 5.75 Å². The summed E-state index contributed by atoms with van der Waals surface area (Å²) in [6.45, 7) is -0.705. The Morgan fingerprint density at radius 1 is 1.00 bits per heavy atom. The lowest BCUT2D eigenvalue weighted by Crippen LogP contribution is -2.44. The van der Waals surface area contributed by atoms with Crippen LogP contribution in [-0.4, -0.2) is 39.4 Å². The van der Waals surface area contributed by atoms with Crippen molar-refractivity contribution in [2.24, 2.45) is 0 Å². The number of fused-ring (bicyclic) bond motifs is 1. The molecule has 0 aliphatic carbocycles. The van der Waals surface area contributed by atoms with Gasteiger partial charge in [-0.2, -0.15) is 0 Å². The summed E-state index contributed by atoms with van der Waals surface area (Å²) in [6.07, 6.45) is 1.53. The van der Waals surface area contributed by atoms with Crippen molar-refractivity contribution < 1.29 is 24.6 Å². The molecule has 0 radical (unpaired) electrons. The lowest BCUT2D eigenvalue weighted by Gasteiger charge is -2.27. The monoisotopic (exact) mass is 323 g/mol. The van der Waals surface area contributed by atoms with E-state index in [4.69, 9.17) is 5.11 Å². The van der Waals surface area contributed by atoms with E-state index < -0.39 is 24.3 Å². The lowest BCUT2D eigenvalue weighted by molar-refractivity contribution is -0.141. The molecule has 120 valence electrons. The third-order valence-electron chi connectivity index (χ3n) is 3.64. The van der Waals surface area contributed by atoms with Crippen LogP contribution in [-0.2, 0) is 9.59 Å². The number of aliphatic carboxylic acids is 1. The molecule has 0 unspecified atom stereocenters. The zero-order valence-electron chi connectivity index (χ0n) is 12.5. The highest BCUT2D eigenvalue weighted by molar-refractivity contribution is 6.34. The van der Waals surface area contributed by atoms with Crippen molar-refractivity contribution in [1.29, 1.82) is 0 Å². The van der Waals surface area contributed by atoms with Crippen molar-refractivity contribution in [3.63, 3.8) is 0 Å². The molecule has 0 bridgehead atoms. The number of imide groups is 1. The van der Waals surface area contributed by atoms with E-state index in [1.54, 1.807) is 36.4 Å². The summed E-state index contributed by atoms with van der Waals surface area (Å²) in [4.78, 5) is 36.7. The molecule has 1 aliphatic heterocycles. The molecule has 2 aromatic carbocycles. The van der Waals surface area contributed by atoms with Gasteiger partial charge in [0.25, 0.3) is 11.8 Å². The summed E-state index contributed by atoms with van der Waals surface area (Å²) in [5.74, 6) is -2.54.